The average Bonchev–Trinajstić information content (AvgIpc) is 2.76. The van der Waals surface area contributed by atoms with Gasteiger partial charge in [-0.25, -0.2) is 4.98 Å². The second-order valence-corrected chi connectivity index (χ2v) is 6.41. The number of likely N-dealkylation sites (N-methyl/N-ethyl adjacent to an activating group) is 1. The standard InChI is InChI=1S/C14H17BrClN3/c1-18-6-2-3-11(9-18)19-13-7-10(15)4-5-12(13)17-14(19)8-16/h4-5,7,11H,2-3,6,8-9H2,1H3. The van der Waals surface area contributed by atoms with Gasteiger partial charge in [-0.2, -0.15) is 0 Å². The number of imidazole rings is 1. The molecule has 2 heterocycles. The van der Waals surface area contributed by atoms with Crippen LogP contribution in [0.4, 0.5) is 0 Å². The topological polar surface area (TPSA) is 21.1 Å². The third-order valence-corrected chi connectivity index (χ3v) is 4.54. The van der Waals surface area contributed by atoms with E-state index < -0.39 is 0 Å². The summed E-state index contributed by atoms with van der Waals surface area (Å²) < 4.78 is 3.43. The van der Waals surface area contributed by atoms with Crippen LogP contribution in [-0.4, -0.2) is 34.6 Å². The van der Waals surface area contributed by atoms with Gasteiger partial charge in [0.25, 0.3) is 0 Å². The van der Waals surface area contributed by atoms with Gasteiger partial charge in [-0.15, -0.1) is 11.6 Å². The molecule has 19 heavy (non-hydrogen) atoms. The van der Waals surface area contributed by atoms with Crippen molar-refractivity contribution in [3.63, 3.8) is 0 Å². The van der Waals surface area contributed by atoms with E-state index in [1.807, 2.05) is 6.07 Å². The molecule has 0 spiro atoms. The second kappa shape index (κ2) is 5.43. The molecule has 1 aromatic carbocycles. The van der Waals surface area contributed by atoms with Crippen molar-refractivity contribution in [1.82, 2.24) is 14.5 Å². The molecule has 3 nitrogen and oxygen atoms in total. The molecule has 2 aromatic rings. The number of hydrogen-bond acceptors (Lipinski definition) is 2. The third kappa shape index (κ3) is 2.54. The van der Waals surface area contributed by atoms with E-state index in [1.54, 1.807) is 0 Å². The Morgan fingerprint density at radius 2 is 2.32 bits per heavy atom. The molecular formula is C14H17BrClN3. The fraction of sp³-hybridized carbons (Fsp3) is 0.500. The largest absolute Gasteiger partial charge is 0.323 e. The molecule has 0 saturated carbocycles. The van der Waals surface area contributed by atoms with Crippen LogP contribution in [0.25, 0.3) is 11.0 Å². The van der Waals surface area contributed by atoms with E-state index in [-0.39, 0.29) is 0 Å². The van der Waals surface area contributed by atoms with Crippen molar-refractivity contribution < 1.29 is 0 Å². The monoisotopic (exact) mass is 341 g/mol. The Morgan fingerprint density at radius 1 is 1.47 bits per heavy atom. The predicted molar refractivity (Wildman–Crippen MR) is 82.8 cm³/mol. The summed E-state index contributed by atoms with van der Waals surface area (Å²) in [6.45, 7) is 2.25. The highest BCUT2D eigenvalue weighted by Crippen LogP contribution is 2.29. The number of benzene rings is 1. The van der Waals surface area contributed by atoms with Gasteiger partial charge in [-0.3, -0.25) is 0 Å². The van der Waals surface area contributed by atoms with Gasteiger partial charge in [0.05, 0.1) is 16.9 Å². The van der Waals surface area contributed by atoms with Crippen molar-refractivity contribution in [1.29, 1.82) is 0 Å². The number of rotatable bonds is 2. The fourth-order valence-corrected chi connectivity index (χ4v) is 3.51. The zero-order valence-electron chi connectivity index (χ0n) is 10.9. The maximum atomic E-state index is 6.09. The number of halogens is 2. The first-order chi connectivity index (χ1) is 9.19. The number of nitrogens with zero attached hydrogens (tertiary/aromatic N) is 3. The molecule has 3 rings (SSSR count). The Labute approximate surface area is 126 Å². The zero-order chi connectivity index (χ0) is 13.4. The molecule has 1 aliphatic rings. The van der Waals surface area contributed by atoms with Gasteiger partial charge in [0.1, 0.15) is 5.82 Å². The number of alkyl halides is 1. The van der Waals surface area contributed by atoms with Gasteiger partial charge in [0, 0.05) is 17.1 Å². The SMILES string of the molecule is CN1CCCC(n2c(CCl)nc3ccc(Br)cc32)C1. The van der Waals surface area contributed by atoms with Crippen LogP contribution in [0.5, 0.6) is 0 Å². The van der Waals surface area contributed by atoms with Crippen LogP contribution in [0, 0.1) is 0 Å². The highest BCUT2D eigenvalue weighted by molar-refractivity contribution is 9.10. The molecule has 0 aliphatic carbocycles. The highest BCUT2D eigenvalue weighted by atomic mass is 79.9. The highest BCUT2D eigenvalue weighted by Gasteiger charge is 2.23. The molecule has 1 fully saturated rings. The Kier molecular flexibility index (Phi) is 3.83. The summed E-state index contributed by atoms with van der Waals surface area (Å²) in [6, 6.07) is 6.71. The summed E-state index contributed by atoms with van der Waals surface area (Å²) in [5.41, 5.74) is 2.22. The lowest BCUT2D eigenvalue weighted by Crippen LogP contribution is -2.34. The summed E-state index contributed by atoms with van der Waals surface area (Å²) in [6.07, 6.45) is 2.43. The van der Waals surface area contributed by atoms with Crippen LogP contribution in [0.2, 0.25) is 0 Å². The van der Waals surface area contributed by atoms with E-state index in [9.17, 15) is 0 Å². The molecule has 102 valence electrons. The Bertz CT molecular complexity index is 596. The van der Waals surface area contributed by atoms with Crippen molar-refractivity contribution >= 4 is 38.6 Å². The summed E-state index contributed by atoms with van der Waals surface area (Å²) in [4.78, 5) is 7.05. The number of piperidine rings is 1. The summed E-state index contributed by atoms with van der Waals surface area (Å²) >= 11 is 9.64. The minimum Gasteiger partial charge on any atom is -0.323 e. The van der Waals surface area contributed by atoms with Gasteiger partial charge >= 0.3 is 0 Å². The van der Waals surface area contributed by atoms with E-state index in [0.717, 1.165) is 22.4 Å². The van der Waals surface area contributed by atoms with Crippen molar-refractivity contribution in [2.45, 2.75) is 24.8 Å². The Morgan fingerprint density at radius 3 is 3.05 bits per heavy atom. The number of fused-ring (bicyclic) bond motifs is 1. The normalized spacial score (nSPS) is 21.1. The molecule has 1 atom stereocenters. The van der Waals surface area contributed by atoms with E-state index in [1.165, 1.54) is 24.9 Å². The van der Waals surface area contributed by atoms with Crippen LogP contribution < -0.4 is 0 Å². The van der Waals surface area contributed by atoms with Crippen molar-refractivity contribution in [2.75, 3.05) is 20.1 Å². The second-order valence-electron chi connectivity index (χ2n) is 5.22. The van der Waals surface area contributed by atoms with Crippen LogP contribution in [0.3, 0.4) is 0 Å². The summed E-state index contributed by atoms with van der Waals surface area (Å²) in [5, 5.41) is 0. The summed E-state index contributed by atoms with van der Waals surface area (Å²) in [7, 11) is 2.18. The molecule has 1 aliphatic heterocycles. The van der Waals surface area contributed by atoms with Gasteiger partial charge in [-0.05, 0) is 44.6 Å². The molecule has 0 bridgehead atoms. The number of hydrogen-bond donors (Lipinski definition) is 0. The third-order valence-electron chi connectivity index (χ3n) is 3.81. The number of likely N-dealkylation sites (tertiary alicyclic amines) is 1. The van der Waals surface area contributed by atoms with Crippen LogP contribution >= 0.6 is 27.5 Å². The Balaban J connectivity index is 2.11. The maximum absolute atomic E-state index is 6.09. The molecule has 0 radical (unpaired) electrons. The lowest BCUT2D eigenvalue weighted by Gasteiger charge is -2.31. The molecule has 1 unspecified atom stereocenters. The first-order valence-corrected chi connectivity index (χ1v) is 7.92. The Hall–Kier alpha value is -0.580. The zero-order valence-corrected chi connectivity index (χ0v) is 13.3. The minimum absolute atomic E-state index is 0.465. The van der Waals surface area contributed by atoms with Crippen molar-refractivity contribution in [3.05, 3.63) is 28.5 Å². The van der Waals surface area contributed by atoms with E-state index >= 15 is 0 Å². The lowest BCUT2D eigenvalue weighted by molar-refractivity contribution is 0.213. The maximum Gasteiger partial charge on any atom is 0.125 e. The average molecular weight is 343 g/mol. The van der Waals surface area contributed by atoms with Gasteiger partial charge in [0.15, 0.2) is 0 Å². The molecular weight excluding hydrogens is 326 g/mol. The van der Waals surface area contributed by atoms with Gasteiger partial charge in [-0.1, -0.05) is 15.9 Å². The first-order valence-electron chi connectivity index (χ1n) is 6.60. The molecule has 1 aromatic heterocycles. The minimum atomic E-state index is 0.465. The molecule has 0 N–H and O–H groups in total. The number of aromatic nitrogens is 2. The van der Waals surface area contributed by atoms with E-state index in [2.05, 4.69) is 49.6 Å². The van der Waals surface area contributed by atoms with E-state index in [0.29, 0.717) is 11.9 Å². The predicted octanol–water partition coefficient (Wildman–Crippen LogP) is 3.80. The molecule has 5 heteroatoms. The first kappa shape index (κ1) is 13.4. The van der Waals surface area contributed by atoms with Crippen LogP contribution in [0.15, 0.2) is 22.7 Å². The van der Waals surface area contributed by atoms with Crippen LogP contribution in [0.1, 0.15) is 24.7 Å². The fourth-order valence-electron chi connectivity index (χ4n) is 2.97. The van der Waals surface area contributed by atoms with Crippen molar-refractivity contribution in [3.8, 4) is 0 Å². The molecule has 1 saturated heterocycles. The smallest absolute Gasteiger partial charge is 0.125 e. The van der Waals surface area contributed by atoms with E-state index in [4.69, 9.17) is 11.6 Å². The lowest BCUT2D eigenvalue weighted by atomic mass is 10.1. The van der Waals surface area contributed by atoms with Gasteiger partial charge < -0.3 is 9.47 Å². The summed E-state index contributed by atoms with van der Waals surface area (Å²) in [5.74, 6) is 1.45. The van der Waals surface area contributed by atoms with Crippen molar-refractivity contribution in [2.24, 2.45) is 0 Å². The van der Waals surface area contributed by atoms with Crippen LogP contribution in [-0.2, 0) is 5.88 Å². The van der Waals surface area contributed by atoms with Gasteiger partial charge in [0.2, 0.25) is 0 Å². The quantitative estimate of drug-likeness (QED) is 0.774. The molecule has 0 amide bonds.